The topological polar surface area (TPSA) is 89.2 Å². The van der Waals surface area contributed by atoms with E-state index < -0.39 is 4.92 Å². The van der Waals surface area contributed by atoms with Crippen LogP contribution in [-0.2, 0) is 0 Å². The van der Waals surface area contributed by atoms with Crippen LogP contribution in [0.2, 0.25) is 0 Å². The lowest BCUT2D eigenvalue weighted by Gasteiger charge is -2.10. The van der Waals surface area contributed by atoms with Gasteiger partial charge in [0.2, 0.25) is 0 Å². The first-order valence-corrected chi connectivity index (χ1v) is 7.93. The second kappa shape index (κ2) is 6.25. The summed E-state index contributed by atoms with van der Waals surface area (Å²) >= 11 is 0. The van der Waals surface area contributed by atoms with Crippen molar-refractivity contribution in [1.82, 2.24) is 9.97 Å². The van der Waals surface area contributed by atoms with Gasteiger partial charge in [-0.05, 0) is 18.2 Å². The number of phenolic OH excluding ortho intramolecular Hbond substituents is 1. The molecule has 0 bridgehead atoms. The Kier molecular flexibility index (Phi) is 3.78. The molecule has 0 amide bonds. The normalized spacial score (nSPS) is 10.8. The van der Waals surface area contributed by atoms with Crippen molar-refractivity contribution < 1.29 is 10.0 Å². The number of benzene rings is 3. The van der Waals surface area contributed by atoms with Crippen LogP contribution in [0, 0.1) is 10.1 Å². The van der Waals surface area contributed by atoms with Gasteiger partial charge in [-0.15, -0.1) is 0 Å². The number of nitro benzene ring substituents is 1. The Morgan fingerprint density at radius 2 is 1.62 bits per heavy atom. The Morgan fingerprint density at radius 1 is 0.885 bits per heavy atom. The van der Waals surface area contributed by atoms with Gasteiger partial charge in [0.05, 0.1) is 21.7 Å². The standard InChI is InChI=1S/C20H13N3O3/c24-18-9-5-4-8-15(18)20-21-17-11-10-14(23(25)26)12-16(17)19(22-20)13-6-2-1-3-7-13/h1-12,24H. The van der Waals surface area contributed by atoms with Crippen molar-refractivity contribution >= 4 is 16.6 Å². The zero-order valence-corrected chi connectivity index (χ0v) is 13.5. The summed E-state index contributed by atoms with van der Waals surface area (Å²) in [6.45, 7) is 0. The maximum absolute atomic E-state index is 11.2. The van der Waals surface area contributed by atoms with Gasteiger partial charge in [-0.1, -0.05) is 42.5 Å². The number of aromatic nitrogens is 2. The molecule has 0 saturated heterocycles. The minimum Gasteiger partial charge on any atom is -0.507 e. The van der Waals surface area contributed by atoms with E-state index in [9.17, 15) is 15.2 Å². The molecular formula is C20H13N3O3. The van der Waals surface area contributed by atoms with Crippen LogP contribution in [0.3, 0.4) is 0 Å². The monoisotopic (exact) mass is 343 g/mol. The Hall–Kier alpha value is -3.80. The molecule has 6 heteroatoms. The molecule has 1 N–H and O–H groups in total. The van der Waals surface area contributed by atoms with Gasteiger partial charge in [0.15, 0.2) is 5.82 Å². The van der Waals surface area contributed by atoms with E-state index in [1.807, 2.05) is 30.3 Å². The maximum atomic E-state index is 11.2. The summed E-state index contributed by atoms with van der Waals surface area (Å²) in [5, 5.41) is 21.9. The molecular weight excluding hydrogens is 330 g/mol. The fourth-order valence-electron chi connectivity index (χ4n) is 2.83. The van der Waals surface area contributed by atoms with Crippen LogP contribution in [0.25, 0.3) is 33.5 Å². The van der Waals surface area contributed by atoms with E-state index >= 15 is 0 Å². The van der Waals surface area contributed by atoms with Crippen molar-refractivity contribution in [3.8, 4) is 28.4 Å². The molecule has 0 saturated carbocycles. The summed E-state index contributed by atoms with van der Waals surface area (Å²) in [6, 6.07) is 20.7. The molecule has 0 radical (unpaired) electrons. The number of nitrogens with zero attached hydrogens (tertiary/aromatic N) is 3. The quantitative estimate of drug-likeness (QED) is 0.434. The molecule has 0 aliphatic heterocycles. The van der Waals surface area contributed by atoms with Gasteiger partial charge in [0, 0.05) is 23.1 Å². The molecule has 1 aromatic heterocycles. The van der Waals surface area contributed by atoms with Crippen molar-refractivity contribution in [3.63, 3.8) is 0 Å². The van der Waals surface area contributed by atoms with Crippen molar-refractivity contribution in [2.75, 3.05) is 0 Å². The van der Waals surface area contributed by atoms with Gasteiger partial charge in [0.1, 0.15) is 5.75 Å². The molecule has 0 spiro atoms. The third-order valence-corrected chi connectivity index (χ3v) is 4.08. The fraction of sp³-hybridized carbons (Fsp3) is 0. The smallest absolute Gasteiger partial charge is 0.270 e. The first kappa shape index (κ1) is 15.7. The number of rotatable bonds is 3. The number of phenols is 1. The second-order valence-corrected chi connectivity index (χ2v) is 5.74. The highest BCUT2D eigenvalue weighted by Gasteiger charge is 2.16. The molecule has 6 nitrogen and oxygen atoms in total. The van der Waals surface area contributed by atoms with E-state index in [0.717, 1.165) is 5.56 Å². The number of non-ortho nitro benzene ring substituents is 1. The van der Waals surface area contributed by atoms with Crippen LogP contribution in [0.1, 0.15) is 0 Å². The number of aromatic hydroxyl groups is 1. The molecule has 0 aliphatic carbocycles. The SMILES string of the molecule is O=[N+]([O-])c1ccc2nc(-c3ccccc3O)nc(-c3ccccc3)c2c1. The van der Waals surface area contributed by atoms with Crippen molar-refractivity contribution in [1.29, 1.82) is 0 Å². The molecule has 0 fully saturated rings. The van der Waals surface area contributed by atoms with E-state index in [2.05, 4.69) is 9.97 Å². The summed E-state index contributed by atoms with van der Waals surface area (Å²) in [4.78, 5) is 19.8. The van der Waals surface area contributed by atoms with Crippen LogP contribution in [0.4, 0.5) is 5.69 Å². The number of fused-ring (bicyclic) bond motifs is 1. The molecule has 0 atom stereocenters. The van der Waals surface area contributed by atoms with Crippen LogP contribution in [-0.4, -0.2) is 20.0 Å². The molecule has 0 aliphatic rings. The molecule has 3 aromatic carbocycles. The average Bonchev–Trinajstić information content (AvgIpc) is 2.67. The second-order valence-electron chi connectivity index (χ2n) is 5.74. The van der Waals surface area contributed by atoms with Crippen molar-refractivity contribution in [3.05, 3.63) is 82.9 Å². The highest BCUT2D eigenvalue weighted by Crippen LogP contribution is 2.33. The summed E-state index contributed by atoms with van der Waals surface area (Å²) < 4.78 is 0. The lowest BCUT2D eigenvalue weighted by atomic mass is 10.0. The summed E-state index contributed by atoms with van der Waals surface area (Å²) in [5.41, 5.74) is 2.45. The van der Waals surface area contributed by atoms with Crippen LogP contribution < -0.4 is 0 Å². The van der Waals surface area contributed by atoms with E-state index in [1.165, 1.54) is 12.1 Å². The molecule has 0 unspecified atom stereocenters. The first-order chi connectivity index (χ1) is 12.6. The Bertz CT molecular complexity index is 1130. The number of para-hydroxylation sites is 1. The van der Waals surface area contributed by atoms with Crippen LogP contribution in [0.5, 0.6) is 5.75 Å². The van der Waals surface area contributed by atoms with Gasteiger partial charge >= 0.3 is 0 Å². The average molecular weight is 343 g/mol. The van der Waals surface area contributed by atoms with E-state index in [0.29, 0.717) is 28.0 Å². The zero-order valence-electron chi connectivity index (χ0n) is 13.5. The lowest BCUT2D eigenvalue weighted by molar-refractivity contribution is -0.384. The van der Waals surface area contributed by atoms with Gasteiger partial charge in [0.25, 0.3) is 5.69 Å². The fourth-order valence-corrected chi connectivity index (χ4v) is 2.83. The predicted octanol–water partition coefficient (Wildman–Crippen LogP) is 4.58. The summed E-state index contributed by atoms with van der Waals surface area (Å²) in [7, 11) is 0. The molecule has 4 rings (SSSR count). The maximum Gasteiger partial charge on any atom is 0.270 e. The largest absolute Gasteiger partial charge is 0.507 e. The van der Waals surface area contributed by atoms with Crippen molar-refractivity contribution in [2.24, 2.45) is 0 Å². The van der Waals surface area contributed by atoms with Crippen LogP contribution in [0.15, 0.2) is 72.8 Å². The van der Waals surface area contributed by atoms with Gasteiger partial charge in [-0.25, -0.2) is 9.97 Å². The minimum absolute atomic E-state index is 0.0198. The van der Waals surface area contributed by atoms with E-state index in [-0.39, 0.29) is 11.4 Å². The van der Waals surface area contributed by atoms with E-state index in [1.54, 1.807) is 30.3 Å². The van der Waals surface area contributed by atoms with Gasteiger partial charge in [-0.3, -0.25) is 10.1 Å². The Labute approximate surface area is 148 Å². The van der Waals surface area contributed by atoms with Crippen LogP contribution >= 0.6 is 0 Å². The zero-order chi connectivity index (χ0) is 18.1. The third kappa shape index (κ3) is 2.73. The highest BCUT2D eigenvalue weighted by atomic mass is 16.6. The third-order valence-electron chi connectivity index (χ3n) is 4.08. The first-order valence-electron chi connectivity index (χ1n) is 7.93. The molecule has 126 valence electrons. The molecule has 4 aromatic rings. The number of nitro groups is 1. The lowest BCUT2D eigenvalue weighted by Crippen LogP contribution is -1.96. The number of hydrogen-bond donors (Lipinski definition) is 1. The predicted molar refractivity (Wildman–Crippen MR) is 98.7 cm³/mol. The van der Waals surface area contributed by atoms with Gasteiger partial charge in [-0.2, -0.15) is 0 Å². The molecule has 1 heterocycles. The Balaban J connectivity index is 2.05. The molecule has 26 heavy (non-hydrogen) atoms. The summed E-state index contributed by atoms with van der Waals surface area (Å²) in [6.07, 6.45) is 0. The minimum atomic E-state index is -0.439. The van der Waals surface area contributed by atoms with Crippen molar-refractivity contribution in [2.45, 2.75) is 0 Å². The van der Waals surface area contributed by atoms with E-state index in [4.69, 9.17) is 0 Å². The van der Waals surface area contributed by atoms with Gasteiger partial charge < -0.3 is 5.11 Å². The highest BCUT2D eigenvalue weighted by molar-refractivity contribution is 5.95. The number of hydrogen-bond acceptors (Lipinski definition) is 5. The Morgan fingerprint density at radius 3 is 2.35 bits per heavy atom. The summed E-state index contributed by atoms with van der Waals surface area (Å²) in [5.74, 6) is 0.441.